The lowest BCUT2D eigenvalue weighted by Crippen LogP contribution is -2.36. The quantitative estimate of drug-likeness (QED) is 0.779. The number of fused-ring (bicyclic) bond motifs is 1. The highest BCUT2D eigenvalue weighted by molar-refractivity contribution is 5.69. The first-order chi connectivity index (χ1) is 10.7. The zero-order chi connectivity index (χ0) is 15.5. The van der Waals surface area contributed by atoms with Crippen molar-refractivity contribution in [2.24, 2.45) is 0 Å². The zero-order valence-corrected chi connectivity index (χ0v) is 12.5. The van der Waals surface area contributed by atoms with Crippen LogP contribution in [0.1, 0.15) is 25.3 Å². The Bertz CT molecular complexity index is 890. The van der Waals surface area contributed by atoms with Crippen LogP contribution in [0.25, 0.3) is 11.2 Å². The van der Waals surface area contributed by atoms with Crippen LogP contribution < -0.4 is 11.2 Å². The first-order valence-corrected chi connectivity index (χ1v) is 7.42. The minimum atomic E-state index is -0.429. The number of nitrogens with one attached hydrogen (secondary N) is 1. The third-order valence-electron chi connectivity index (χ3n) is 3.69. The molecule has 0 atom stereocenters. The van der Waals surface area contributed by atoms with Crippen molar-refractivity contribution in [1.29, 1.82) is 0 Å². The van der Waals surface area contributed by atoms with Gasteiger partial charge in [0.25, 0.3) is 5.56 Å². The molecule has 6 nitrogen and oxygen atoms in total. The second-order valence-corrected chi connectivity index (χ2v) is 5.30. The molecule has 6 heteroatoms. The predicted molar refractivity (Wildman–Crippen MR) is 85.1 cm³/mol. The van der Waals surface area contributed by atoms with Crippen molar-refractivity contribution >= 4 is 11.2 Å². The van der Waals surface area contributed by atoms with Crippen LogP contribution in [0.3, 0.4) is 0 Å². The number of hydrogen-bond acceptors (Lipinski definition) is 3. The number of benzene rings is 1. The molecule has 114 valence electrons. The van der Waals surface area contributed by atoms with Crippen LogP contribution >= 0.6 is 0 Å². The Labute approximate surface area is 127 Å². The molecule has 0 saturated heterocycles. The minimum absolute atomic E-state index is 0.254. The maximum atomic E-state index is 12.7. The van der Waals surface area contributed by atoms with Crippen LogP contribution in [-0.4, -0.2) is 19.1 Å². The molecule has 3 rings (SSSR count). The van der Waals surface area contributed by atoms with E-state index in [-0.39, 0.29) is 12.1 Å². The summed E-state index contributed by atoms with van der Waals surface area (Å²) in [5.74, 6) is 0. The third-order valence-corrected chi connectivity index (χ3v) is 3.69. The van der Waals surface area contributed by atoms with Crippen LogP contribution in [0.15, 0.2) is 46.2 Å². The monoisotopic (exact) mass is 298 g/mol. The number of aromatic nitrogens is 4. The van der Waals surface area contributed by atoms with E-state index in [9.17, 15) is 9.59 Å². The highest BCUT2D eigenvalue weighted by atomic mass is 16.2. The number of unbranched alkanes of at least 4 members (excludes halogenated alkanes) is 1. The Kier molecular flexibility index (Phi) is 3.91. The van der Waals surface area contributed by atoms with E-state index in [2.05, 4.69) is 16.9 Å². The summed E-state index contributed by atoms with van der Waals surface area (Å²) >= 11 is 0. The SMILES string of the molecule is CCCCn1cnc2[nH]c(=O)n(Cc3ccccc3)c(=O)c21. The normalized spacial score (nSPS) is 11.1. The fraction of sp³-hybridized carbons (Fsp3) is 0.312. The Morgan fingerprint density at radius 2 is 1.95 bits per heavy atom. The Balaban J connectivity index is 2.10. The highest BCUT2D eigenvalue weighted by Gasteiger charge is 2.13. The lowest BCUT2D eigenvalue weighted by atomic mass is 10.2. The van der Waals surface area contributed by atoms with E-state index in [0.717, 1.165) is 24.9 Å². The summed E-state index contributed by atoms with van der Waals surface area (Å²) in [6.07, 6.45) is 3.61. The van der Waals surface area contributed by atoms with E-state index >= 15 is 0 Å². The van der Waals surface area contributed by atoms with E-state index in [1.54, 1.807) is 6.33 Å². The van der Waals surface area contributed by atoms with Gasteiger partial charge in [-0.05, 0) is 12.0 Å². The number of H-pyrrole nitrogens is 1. The average molecular weight is 298 g/mol. The number of hydrogen-bond donors (Lipinski definition) is 1. The number of rotatable bonds is 5. The van der Waals surface area contributed by atoms with Gasteiger partial charge in [0.05, 0.1) is 12.9 Å². The van der Waals surface area contributed by atoms with E-state index in [0.29, 0.717) is 11.2 Å². The fourth-order valence-corrected chi connectivity index (χ4v) is 2.49. The fourth-order valence-electron chi connectivity index (χ4n) is 2.49. The summed E-state index contributed by atoms with van der Waals surface area (Å²) in [5, 5.41) is 0. The third kappa shape index (κ3) is 2.59. The van der Waals surface area contributed by atoms with Crippen LogP contribution in [0.4, 0.5) is 0 Å². The van der Waals surface area contributed by atoms with Crippen molar-refractivity contribution in [2.45, 2.75) is 32.9 Å². The summed E-state index contributed by atoms with van der Waals surface area (Å²) in [6, 6.07) is 9.46. The molecule has 0 amide bonds. The Morgan fingerprint density at radius 3 is 2.68 bits per heavy atom. The van der Waals surface area contributed by atoms with E-state index < -0.39 is 5.69 Å². The van der Waals surface area contributed by atoms with Gasteiger partial charge in [-0.25, -0.2) is 9.78 Å². The van der Waals surface area contributed by atoms with Crippen molar-refractivity contribution in [3.63, 3.8) is 0 Å². The molecule has 22 heavy (non-hydrogen) atoms. The molecule has 1 aromatic carbocycles. The minimum Gasteiger partial charge on any atom is -0.325 e. The molecule has 0 saturated carbocycles. The second kappa shape index (κ2) is 6.01. The summed E-state index contributed by atoms with van der Waals surface area (Å²) in [7, 11) is 0. The lowest BCUT2D eigenvalue weighted by Gasteiger charge is -2.06. The molecule has 0 radical (unpaired) electrons. The summed E-state index contributed by atoms with van der Waals surface area (Å²) < 4.78 is 3.04. The van der Waals surface area contributed by atoms with Crippen LogP contribution in [0.2, 0.25) is 0 Å². The predicted octanol–water partition coefficient (Wildman–Crippen LogP) is 1.73. The molecule has 0 aliphatic carbocycles. The van der Waals surface area contributed by atoms with Gasteiger partial charge in [-0.2, -0.15) is 0 Å². The molecular formula is C16H18N4O2. The number of aryl methyl sites for hydroxylation is 1. The molecule has 2 aromatic heterocycles. The van der Waals surface area contributed by atoms with Crippen molar-refractivity contribution in [3.05, 3.63) is 63.1 Å². The van der Waals surface area contributed by atoms with Gasteiger partial charge in [0.15, 0.2) is 11.2 Å². The van der Waals surface area contributed by atoms with Crippen LogP contribution in [0.5, 0.6) is 0 Å². The van der Waals surface area contributed by atoms with Crippen molar-refractivity contribution < 1.29 is 0 Å². The first-order valence-electron chi connectivity index (χ1n) is 7.42. The van der Waals surface area contributed by atoms with Crippen LogP contribution in [0, 0.1) is 0 Å². The smallest absolute Gasteiger partial charge is 0.325 e. The lowest BCUT2D eigenvalue weighted by molar-refractivity contribution is 0.637. The molecule has 0 unspecified atom stereocenters. The van der Waals surface area contributed by atoms with E-state index in [4.69, 9.17) is 0 Å². The van der Waals surface area contributed by atoms with Gasteiger partial charge < -0.3 is 4.57 Å². The Morgan fingerprint density at radius 1 is 1.18 bits per heavy atom. The van der Waals surface area contributed by atoms with Gasteiger partial charge >= 0.3 is 5.69 Å². The second-order valence-electron chi connectivity index (χ2n) is 5.30. The van der Waals surface area contributed by atoms with Gasteiger partial charge in [0.1, 0.15) is 0 Å². The topological polar surface area (TPSA) is 72.7 Å². The van der Waals surface area contributed by atoms with Gasteiger partial charge in [-0.15, -0.1) is 0 Å². The maximum Gasteiger partial charge on any atom is 0.330 e. The van der Waals surface area contributed by atoms with Crippen molar-refractivity contribution in [1.82, 2.24) is 19.1 Å². The van der Waals surface area contributed by atoms with Gasteiger partial charge in [-0.1, -0.05) is 43.7 Å². The van der Waals surface area contributed by atoms with Gasteiger partial charge in [0, 0.05) is 6.54 Å². The average Bonchev–Trinajstić information content (AvgIpc) is 2.93. The molecule has 1 N–H and O–H groups in total. The zero-order valence-electron chi connectivity index (χ0n) is 12.5. The molecule has 0 fully saturated rings. The highest BCUT2D eigenvalue weighted by Crippen LogP contribution is 2.06. The van der Waals surface area contributed by atoms with Gasteiger partial charge in [-0.3, -0.25) is 14.3 Å². The molecule has 0 aliphatic rings. The molecule has 0 spiro atoms. The van der Waals surface area contributed by atoms with Crippen molar-refractivity contribution in [2.75, 3.05) is 0 Å². The summed E-state index contributed by atoms with van der Waals surface area (Å²) in [5.41, 5.74) is 1.01. The molecule has 0 aliphatic heterocycles. The largest absolute Gasteiger partial charge is 0.330 e. The molecule has 3 aromatic rings. The summed E-state index contributed by atoms with van der Waals surface area (Å²) in [6.45, 7) is 3.07. The standard InChI is InChI=1S/C16H18N4O2/c1-2-3-9-19-11-17-14-13(19)15(21)20(16(22)18-14)10-12-7-5-4-6-8-12/h4-8,11H,2-3,9-10H2,1H3,(H,18,22). The number of nitrogens with zero attached hydrogens (tertiary/aromatic N) is 3. The molecule has 2 heterocycles. The first kappa shape index (κ1) is 14.3. The van der Waals surface area contributed by atoms with E-state index in [1.165, 1.54) is 4.57 Å². The number of imidazole rings is 1. The van der Waals surface area contributed by atoms with Crippen molar-refractivity contribution in [3.8, 4) is 0 Å². The molecular weight excluding hydrogens is 280 g/mol. The molecule has 0 bridgehead atoms. The maximum absolute atomic E-state index is 12.7. The number of aromatic amines is 1. The van der Waals surface area contributed by atoms with Crippen LogP contribution in [-0.2, 0) is 13.1 Å². The van der Waals surface area contributed by atoms with E-state index in [1.807, 2.05) is 34.9 Å². The summed E-state index contributed by atoms with van der Waals surface area (Å²) in [4.78, 5) is 31.6. The Hall–Kier alpha value is -2.63. The van der Waals surface area contributed by atoms with Gasteiger partial charge in [0.2, 0.25) is 0 Å².